The number of aromatic nitrogens is 5. The molecular formula is C17H22N5O13P2+. The van der Waals surface area contributed by atoms with Gasteiger partial charge in [0.25, 0.3) is 0 Å². The van der Waals surface area contributed by atoms with Crippen molar-refractivity contribution in [3.8, 4) is 0 Å². The molecule has 37 heavy (non-hydrogen) atoms. The zero-order chi connectivity index (χ0) is 26.3. The number of hydrogen-bond acceptors (Lipinski definition) is 13. The van der Waals surface area contributed by atoms with E-state index in [0.717, 1.165) is 0 Å². The van der Waals surface area contributed by atoms with Crippen LogP contribution < -0.4 is 4.57 Å². The molecule has 10 atom stereocenters. The van der Waals surface area contributed by atoms with E-state index in [9.17, 15) is 39.3 Å². The van der Waals surface area contributed by atoms with Crippen LogP contribution in [0.15, 0.2) is 25.0 Å². The van der Waals surface area contributed by atoms with E-state index >= 15 is 0 Å². The van der Waals surface area contributed by atoms with Gasteiger partial charge in [0.2, 0.25) is 6.23 Å². The van der Waals surface area contributed by atoms with Crippen molar-refractivity contribution in [2.24, 2.45) is 0 Å². The van der Waals surface area contributed by atoms with Crippen LogP contribution in [-0.2, 0) is 32.0 Å². The molecule has 0 radical (unpaired) electrons. The van der Waals surface area contributed by atoms with E-state index in [-0.39, 0.29) is 11.2 Å². The highest BCUT2D eigenvalue weighted by atomic mass is 31.3. The van der Waals surface area contributed by atoms with Crippen molar-refractivity contribution >= 4 is 32.5 Å². The van der Waals surface area contributed by atoms with Gasteiger partial charge < -0.3 is 39.7 Å². The van der Waals surface area contributed by atoms with E-state index in [1.54, 1.807) is 10.6 Å². The topological polar surface area (TPSA) is 241 Å². The first-order valence-electron chi connectivity index (χ1n) is 10.9. The van der Waals surface area contributed by atoms with Gasteiger partial charge in [-0.2, -0.15) is 18.3 Å². The Morgan fingerprint density at radius 2 is 1.54 bits per heavy atom. The van der Waals surface area contributed by atoms with Crippen LogP contribution >= 0.6 is 15.6 Å². The molecule has 3 aromatic rings. The van der Waals surface area contributed by atoms with E-state index in [2.05, 4.69) is 14.3 Å². The number of fused-ring (bicyclic) bond motifs is 6. The molecule has 0 amide bonds. The summed E-state index contributed by atoms with van der Waals surface area (Å²) in [5.74, 6) is 0. The summed E-state index contributed by atoms with van der Waals surface area (Å²) in [6.45, 7) is -1.62. The minimum absolute atomic E-state index is 0.212. The lowest BCUT2D eigenvalue weighted by Crippen LogP contribution is -2.45. The number of ether oxygens (including phenoxy) is 2. The molecule has 4 unspecified atom stereocenters. The summed E-state index contributed by atoms with van der Waals surface area (Å²) in [7, 11) is -10.5. The van der Waals surface area contributed by atoms with Gasteiger partial charge in [0, 0.05) is 0 Å². The predicted octanol–water partition coefficient (Wildman–Crippen LogP) is -2.53. The fourth-order valence-electron chi connectivity index (χ4n) is 4.61. The van der Waals surface area contributed by atoms with Crippen molar-refractivity contribution in [2.45, 2.75) is 49.1 Å². The maximum atomic E-state index is 12.3. The second-order valence-electron chi connectivity index (χ2n) is 8.71. The molecule has 2 fully saturated rings. The summed E-state index contributed by atoms with van der Waals surface area (Å²) in [5.41, 5.74) is 0.855. The van der Waals surface area contributed by atoms with E-state index in [1.807, 2.05) is 0 Å². The average molecular weight is 566 g/mol. The Morgan fingerprint density at radius 3 is 2.24 bits per heavy atom. The number of phosphoric ester groups is 2. The van der Waals surface area contributed by atoms with Crippen LogP contribution in [0.5, 0.6) is 0 Å². The van der Waals surface area contributed by atoms with Crippen LogP contribution in [0.2, 0.25) is 0 Å². The molecule has 20 heteroatoms. The Balaban J connectivity index is 1.47. The summed E-state index contributed by atoms with van der Waals surface area (Å²) < 4.78 is 53.9. The molecule has 3 aromatic heterocycles. The highest BCUT2D eigenvalue weighted by Gasteiger charge is 2.50. The standard InChI is InChI=1S/C17H21N5O13P2/c23-10-7-3-31-36(27,28)35-37(29,30)32-4-8-11(24)13(26)17(34-8)22-6-18-9-14(22)19-5-20-1-2-21(15(9)20)16(33-7)12(10)25/h1-2,5-8,10-13,16-17,23-26H,3-4H2,(H-,27,28,29,30)/p+1/t7-,8-,10-,11-,12-,13-,16?,17?/m1/s1. The zero-order valence-corrected chi connectivity index (χ0v) is 20.3. The third kappa shape index (κ3) is 4.24. The van der Waals surface area contributed by atoms with Crippen molar-refractivity contribution in [1.82, 2.24) is 18.9 Å². The van der Waals surface area contributed by atoms with Gasteiger partial charge >= 0.3 is 21.3 Å². The highest BCUT2D eigenvalue weighted by molar-refractivity contribution is 7.61. The van der Waals surface area contributed by atoms with Gasteiger partial charge in [-0.25, -0.2) is 14.1 Å². The quantitative estimate of drug-likeness (QED) is 0.121. The lowest BCUT2D eigenvalue weighted by Gasteiger charge is -2.20. The molecule has 202 valence electrons. The molecule has 6 rings (SSSR count). The Morgan fingerprint density at radius 1 is 0.892 bits per heavy atom. The van der Waals surface area contributed by atoms with Crippen molar-refractivity contribution in [2.75, 3.05) is 13.2 Å². The first kappa shape index (κ1) is 25.4. The lowest BCUT2D eigenvalue weighted by atomic mass is 10.1. The first-order chi connectivity index (χ1) is 17.5. The monoisotopic (exact) mass is 566 g/mol. The second kappa shape index (κ2) is 8.82. The number of imidazole rings is 2. The maximum Gasteiger partial charge on any atom is 0.481 e. The maximum absolute atomic E-state index is 12.3. The number of phosphoric acid groups is 2. The van der Waals surface area contributed by atoms with E-state index in [1.165, 1.54) is 28.0 Å². The van der Waals surface area contributed by atoms with Gasteiger partial charge in [0.05, 0.1) is 19.5 Å². The van der Waals surface area contributed by atoms with E-state index in [0.29, 0.717) is 5.65 Å². The fraction of sp³-hybridized carbons (Fsp3) is 0.588. The highest BCUT2D eigenvalue weighted by Crippen LogP contribution is 2.60. The van der Waals surface area contributed by atoms with Crippen molar-refractivity contribution in [1.29, 1.82) is 0 Å². The van der Waals surface area contributed by atoms with Gasteiger partial charge in [-0.3, -0.25) is 13.6 Å². The molecule has 0 aromatic carbocycles. The number of aliphatic hydroxyl groups excluding tert-OH is 4. The summed E-state index contributed by atoms with van der Waals surface area (Å²) in [6.07, 6.45) is -5.58. The van der Waals surface area contributed by atoms with Crippen LogP contribution in [0.25, 0.3) is 16.8 Å². The summed E-state index contributed by atoms with van der Waals surface area (Å²) >= 11 is 0. The van der Waals surface area contributed by atoms with Gasteiger partial charge in [-0.1, -0.05) is 0 Å². The normalized spacial score (nSPS) is 43.1. The van der Waals surface area contributed by atoms with E-state index in [4.69, 9.17) is 18.5 Å². The Hall–Kier alpha value is -1.89. The second-order valence-corrected chi connectivity index (χ2v) is 11.8. The average Bonchev–Trinajstić information content (AvgIpc) is 3.57. The molecule has 0 saturated carbocycles. The minimum Gasteiger partial charge on any atom is -0.387 e. The third-order valence-corrected chi connectivity index (χ3v) is 9.00. The van der Waals surface area contributed by atoms with E-state index < -0.39 is 77.9 Å². The number of hydrogen-bond donors (Lipinski definition) is 6. The van der Waals surface area contributed by atoms with Gasteiger partial charge in [-0.15, -0.1) is 0 Å². The molecule has 0 aliphatic carbocycles. The number of nitrogens with zero attached hydrogens (tertiary/aromatic N) is 5. The van der Waals surface area contributed by atoms with Crippen LogP contribution in [-0.4, -0.2) is 99.0 Å². The molecule has 6 N–H and O–H groups in total. The van der Waals surface area contributed by atoms with Gasteiger partial charge in [0.15, 0.2) is 23.7 Å². The zero-order valence-electron chi connectivity index (χ0n) is 18.5. The number of aliphatic hydroxyl groups is 4. The SMILES string of the molecule is O=P1(O)OC[C@H]2OC([C@H](O)[C@@H]2O)n2cnc3c2ncn2cc[n+](c32)C2O[C@H](COP(=O)(O)O1)[C@@H](O)[C@H]2O. The Labute approximate surface area is 206 Å². The first-order valence-corrected chi connectivity index (χ1v) is 13.9. The predicted molar refractivity (Wildman–Crippen MR) is 113 cm³/mol. The van der Waals surface area contributed by atoms with Gasteiger partial charge in [-0.05, 0) is 0 Å². The summed E-state index contributed by atoms with van der Waals surface area (Å²) in [5, 5.41) is 42.2. The molecule has 8 bridgehead atoms. The van der Waals surface area contributed by atoms with Crippen LogP contribution in [0.4, 0.5) is 0 Å². The smallest absolute Gasteiger partial charge is 0.387 e. The van der Waals surface area contributed by atoms with Crippen LogP contribution in [0.1, 0.15) is 12.5 Å². The Kier molecular flexibility index (Phi) is 6.05. The molecule has 3 aliphatic rings. The molecule has 6 heterocycles. The van der Waals surface area contributed by atoms with Gasteiger partial charge in [0.1, 0.15) is 49.0 Å². The molecule has 3 aliphatic heterocycles. The lowest BCUT2D eigenvalue weighted by molar-refractivity contribution is -0.742. The summed E-state index contributed by atoms with van der Waals surface area (Å²) in [6, 6.07) is 0. The third-order valence-electron chi connectivity index (χ3n) is 6.39. The Bertz CT molecular complexity index is 1450. The molecule has 18 nitrogen and oxygen atoms in total. The van der Waals surface area contributed by atoms with Crippen molar-refractivity contribution < 1.29 is 66.7 Å². The van der Waals surface area contributed by atoms with Crippen molar-refractivity contribution in [3.63, 3.8) is 0 Å². The summed E-state index contributed by atoms with van der Waals surface area (Å²) in [4.78, 5) is 28.5. The molecule has 0 spiro atoms. The molecular weight excluding hydrogens is 544 g/mol. The fourth-order valence-corrected chi connectivity index (χ4v) is 6.70. The van der Waals surface area contributed by atoms with Crippen molar-refractivity contribution in [3.05, 3.63) is 25.0 Å². The molecule has 2 saturated heterocycles. The van der Waals surface area contributed by atoms with Crippen LogP contribution in [0.3, 0.4) is 0 Å². The largest absolute Gasteiger partial charge is 0.481 e. The number of rotatable bonds is 0. The minimum atomic E-state index is -5.25. The van der Waals surface area contributed by atoms with Crippen LogP contribution in [0, 0.1) is 0 Å².